The summed E-state index contributed by atoms with van der Waals surface area (Å²) >= 11 is 0. The average Bonchev–Trinajstić information content (AvgIpc) is 3.23. The van der Waals surface area contributed by atoms with E-state index in [4.69, 9.17) is 5.73 Å². The zero-order valence-electron chi connectivity index (χ0n) is 20.8. The second kappa shape index (κ2) is 11.1. The molecule has 1 aromatic heterocycles. The summed E-state index contributed by atoms with van der Waals surface area (Å²) in [4.78, 5) is 13.4. The Morgan fingerprint density at radius 3 is 2.49 bits per heavy atom. The van der Waals surface area contributed by atoms with Gasteiger partial charge in [0.1, 0.15) is 11.6 Å². The minimum Gasteiger partial charge on any atom is -0.347 e. The van der Waals surface area contributed by atoms with Gasteiger partial charge in [-0.05, 0) is 79.7 Å². The lowest BCUT2D eigenvalue weighted by atomic mass is 9.80. The van der Waals surface area contributed by atoms with Crippen LogP contribution in [0.5, 0.6) is 0 Å². The Morgan fingerprint density at radius 1 is 0.943 bits per heavy atom. The van der Waals surface area contributed by atoms with Crippen molar-refractivity contribution < 1.29 is 9.18 Å². The summed E-state index contributed by atoms with van der Waals surface area (Å²) in [7, 11) is 0. The molecule has 0 amide bonds. The molecule has 2 aliphatic carbocycles. The first-order valence-corrected chi connectivity index (χ1v) is 13.7. The van der Waals surface area contributed by atoms with Crippen molar-refractivity contribution in [2.24, 2.45) is 17.6 Å². The highest BCUT2D eigenvalue weighted by atomic mass is 19.1. The van der Waals surface area contributed by atoms with Gasteiger partial charge >= 0.3 is 0 Å². The van der Waals surface area contributed by atoms with Crippen molar-refractivity contribution in [2.75, 3.05) is 0 Å². The van der Waals surface area contributed by atoms with E-state index >= 15 is 0 Å². The van der Waals surface area contributed by atoms with Crippen LogP contribution in [0.1, 0.15) is 87.7 Å². The molecular weight excluding hydrogens is 435 g/mol. The van der Waals surface area contributed by atoms with Crippen LogP contribution >= 0.6 is 0 Å². The summed E-state index contributed by atoms with van der Waals surface area (Å²) in [6.45, 7) is 1.02. The van der Waals surface area contributed by atoms with Gasteiger partial charge in [0.05, 0.1) is 0 Å². The van der Waals surface area contributed by atoms with Gasteiger partial charge in [-0.2, -0.15) is 0 Å². The van der Waals surface area contributed by atoms with Gasteiger partial charge in [0.2, 0.25) is 0 Å². The first-order valence-electron chi connectivity index (χ1n) is 13.7. The number of hydrogen-bond donors (Lipinski definition) is 1. The molecule has 0 saturated heterocycles. The molecule has 5 rings (SSSR count). The minimum atomic E-state index is -0.243. The predicted octanol–water partition coefficient (Wildman–Crippen LogP) is 7.36. The second-order valence-electron chi connectivity index (χ2n) is 11.1. The summed E-state index contributed by atoms with van der Waals surface area (Å²) in [6.07, 6.45) is 14.0. The van der Waals surface area contributed by atoms with E-state index in [1.807, 2.05) is 6.07 Å². The van der Waals surface area contributed by atoms with Crippen molar-refractivity contribution in [3.05, 3.63) is 71.7 Å². The Bertz CT molecular complexity index is 1140. The third kappa shape index (κ3) is 5.86. The topological polar surface area (TPSA) is 48.0 Å². The van der Waals surface area contributed by atoms with Gasteiger partial charge in [0.25, 0.3) is 0 Å². The molecule has 0 bridgehead atoms. The van der Waals surface area contributed by atoms with Crippen LogP contribution in [0, 0.1) is 17.7 Å². The molecule has 0 aliphatic heterocycles. The molecule has 2 saturated carbocycles. The number of Topliss-reactive ketones (excluding diaryl/α,β-unsaturated/α-hetero) is 1. The summed E-state index contributed by atoms with van der Waals surface area (Å²) < 4.78 is 16.7. The van der Waals surface area contributed by atoms with Crippen LogP contribution in [0.15, 0.2) is 54.7 Å². The molecule has 3 nitrogen and oxygen atoms in total. The Labute approximate surface area is 208 Å². The van der Waals surface area contributed by atoms with Gasteiger partial charge in [-0.3, -0.25) is 4.79 Å². The van der Waals surface area contributed by atoms with Crippen LogP contribution in [-0.2, 0) is 11.3 Å². The molecule has 1 unspecified atom stereocenters. The van der Waals surface area contributed by atoms with Crippen molar-refractivity contribution in [2.45, 2.75) is 89.1 Å². The largest absolute Gasteiger partial charge is 0.347 e. The van der Waals surface area contributed by atoms with Gasteiger partial charge in [-0.25, -0.2) is 4.39 Å². The second-order valence-corrected chi connectivity index (χ2v) is 11.1. The molecule has 1 heterocycles. The molecule has 2 aliphatic rings. The predicted molar refractivity (Wildman–Crippen MR) is 141 cm³/mol. The Hall–Kier alpha value is -2.46. The molecule has 2 aromatic carbocycles. The van der Waals surface area contributed by atoms with E-state index in [0.717, 1.165) is 43.4 Å². The van der Waals surface area contributed by atoms with E-state index in [9.17, 15) is 9.18 Å². The average molecular weight is 475 g/mol. The highest BCUT2D eigenvalue weighted by Crippen LogP contribution is 2.37. The molecule has 3 aromatic rings. The maximum absolute atomic E-state index is 14.3. The van der Waals surface area contributed by atoms with Crippen molar-refractivity contribution >= 4 is 16.7 Å². The molecule has 186 valence electrons. The van der Waals surface area contributed by atoms with E-state index in [0.29, 0.717) is 24.7 Å². The monoisotopic (exact) mass is 474 g/mol. The Kier molecular flexibility index (Phi) is 7.67. The lowest BCUT2D eigenvalue weighted by Gasteiger charge is -2.26. The first-order chi connectivity index (χ1) is 17.1. The van der Waals surface area contributed by atoms with Gasteiger partial charge in [-0.15, -0.1) is 0 Å². The maximum atomic E-state index is 14.3. The van der Waals surface area contributed by atoms with Gasteiger partial charge in [0.15, 0.2) is 0 Å². The van der Waals surface area contributed by atoms with E-state index in [1.165, 1.54) is 49.1 Å². The summed E-state index contributed by atoms with van der Waals surface area (Å²) in [5.74, 6) is 1.04. The van der Waals surface area contributed by atoms with Crippen molar-refractivity contribution in [1.29, 1.82) is 0 Å². The molecular formula is C31H39FN2O. The molecule has 1 atom stereocenters. The number of fused-ring (bicyclic) bond motifs is 1. The summed E-state index contributed by atoms with van der Waals surface area (Å²) in [5.41, 5.74) is 9.35. The number of para-hydroxylation sites is 1. The Balaban J connectivity index is 1.45. The fourth-order valence-corrected chi connectivity index (χ4v) is 6.51. The number of hydrogen-bond acceptors (Lipinski definition) is 2. The SMILES string of the molecule is NC1CCC(CC(=O)CC(c2cccc(F)c2)c2cn(CC3CCCCC3)c3ccccc23)CC1. The Morgan fingerprint density at radius 2 is 1.71 bits per heavy atom. The van der Waals surface area contributed by atoms with Crippen LogP contribution in [0.4, 0.5) is 4.39 Å². The number of nitrogens with two attached hydrogens (primary N) is 1. The molecule has 0 radical (unpaired) electrons. The third-order valence-electron chi connectivity index (χ3n) is 8.47. The number of benzene rings is 2. The van der Waals surface area contributed by atoms with Crippen molar-refractivity contribution in [3.8, 4) is 0 Å². The van der Waals surface area contributed by atoms with Crippen LogP contribution in [0.2, 0.25) is 0 Å². The van der Waals surface area contributed by atoms with Crippen molar-refractivity contribution in [3.63, 3.8) is 0 Å². The van der Waals surface area contributed by atoms with Crippen LogP contribution in [0.25, 0.3) is 10.9 Å². The van der Waals surface area contributed by atoms with E-state index in [-0.39, 0.29) is 23.6 Å². The summed E-state index contributed by atoms with van der Waals surface area (Å²) in [5, 5.41) is 1.19. The standard InChI is InChI=1S/C31H39FN2O/c32-25-10-6-9-24(18-25)29(19-27(35)17-22-13-15-26(33)16-14-22)30-21-34(20-23-7-2-1-3-8-23)31-12-5-4-11-28(30)31/h4-6,9-12,18,21-23,26,29H,1-3,7-8,13-17,19-20,33H2. The highest BCUT2D eigenvalue weighted by Gasteiger charge is 2.27. The molecule has 0 spiro atoms. The smallest absolute Gasteiger partial charge is 0.134 e. The quantitative estimate of drug-likeness (QED) is 0.371. The van der Waals surface area contributed by atoms with Crippen LogP contribution < -0.4 is 5.73 Å². The lowest BCUT2D eigenvalue weighted by molar-refractivity contribution is -0.120. The van der Waals surface area contributed by atoms with E-state index in [1.54, 1.807) is 12.1 Å². The molecule has 2 N–H and O–H groups in total. The number of nitrogens with zero attached hydrogens (tertiary/aromatic N) is 1. The summed E-state index contributed by atoms with van der Waals surface area (Å²) in [6, 6.07) is 15.7. The number of carbonyl (C=O) groups is 1. The van der Waals surface area contributed by atoms with Crippen molar-refractivity contribution in [1.82, 2.24) is 4.57 Å². The number of carbonyl (C=O) groups excluding carboxylic acids is 1. The lowest BCUT2D eigenvalue weighted by Crippen LogP contribution is -2.27. The molecule has 4 heteroatoms. The molecule has 2 fully saturated rings. The van der Waals surface area contributed by atoms with Gasteiger partial charge in [0, 0.05) is 48.4 Å². The fraction of sp³-hybridized carbons (Fsp3) is 0.516. The number of aromatic nitrogens is 1. The van der Waals surface area contributed by atoms with Gasteiger partial charge in [-0.1, -0.05) is 49.6 Å². The van der Waals surface area contributed by atoms with Gasteiger partial charge < -0.3 is 10.3 Å². The molecule has 35 heavy (non-hydrogen) atoms. The normalized spacial score (nSPS) is 22.3. The minimum absolute atomic E-state index is 0.137. The zero-order valence-corrected chi connectivity index (χ0v) is 20.8. The first kappa shape index (κ1) is 24.2. The van der Waals surface area contributed by atoms with E-state index in [2.05, 4.69) is 35.0 Å². The number of ketones is 1. The number of halogens is 1. The zero-order chi connectivity index (χ0) is 24.2. The highest BCUT2D eigenvalue weighted by molar-refractivity contribution is 5.87. The van der Waals surface area contributed by atoms with E-state index < -0.39 is 0 Å². The fourth-order valence-electron chi connectivity index (χ4n) is 6.51. The van der Waals surface area contributed by atoms with Crippen LogP contribution in [-0.4, -0.2) is 16.4 Å². The third-order valence-corrected chi connectivity index (χ3v) is 8.47. The number of rotatable bonds is 8. The maximum Gasteiger partial charge on any atom is 0.134 e. The van der Waals surface area contributed by atoms with Crippen LogP contribution in [0.3, 0.4) is 0 Å².